The van der Waals surface area contributed by atoms with Crippen LogP contribution in [0.25, 0.3) is 0 Å². The molecule has 2 amide bonds. The first kappa shape index (κ1) is 36.4. The number of sulfonamides is 1. The van der Waals surface area contributed by atoms with E-state index in [0.29, 0.717) is 18.0 Å². The first-order chi connectivity index (χ1) is 24.1. The van der Waals surface area contributed by atoms with Gasteiger partial charge in [0.1, 0.15) is 24.1 Å². The van der Waals surface area contributed by atoms with Crippen LogP contribution in [0.1, 0.15) is 30.0 Å². The minimum absolute atomic E-state index is 0.0431. The molecule has 0 saturated carbocycles. The lowest BCUT2D eigenvalue weighted by Gasteiger charge is -2.34. The number of anilines is 1. The van der Waals surface area contributed by atoms with Crippen molar-refractivity contribution in [1.82, 2.24) is 10.2 Å². The van der Waals surface area contributed by atoms with E-state index >= 15 is 0 Å². The molecule has 0 unspecified atom stereocenters. The van der Waals surface area contributed by atoms with Crippen LogP contribution in [0.5, 0.6) is 11.5 Å². The van der Waals surface area contributed by atoms with Crippen molar-refractivity contribution in [2.75, 3.05) is 17.4 Å². The third kappa shape index (κ3) is 9.61. The number of rotatable bonds is 15. The molecule has 0 aromatic heterocycles. The van der Waals surface area contributed by atoms with Gasteiger partial charge in [0, 0.05) is 24.0 Å². The lowest BCUT2D eigenvalue weighted by molar-refractivity contribution is -0.140. The maximum Gasteiger partial charge on any atom is 0.264 e. The van der Waals surface area contributed by atoms with Gasteiger partial charge in [0.25, 0.3) is 10.0 Å². The van der Waals surface area contributed by atoms with Crippen molar-refractivity contribution >= 4 is 43.5 Å². The standard InChI is InChI=1S/C40H40BrN3O5S/c1-3-26-42-40(46)38(27-31-10-6-4-7-11-31)43(28-32-16-18-33(41)19-17-32)39(45)29-44(50(47,48)37-24-14-30(2)15-25-37)34-20-22-36(23-21-34)49-35-12-8-5-9-13-35/h4-25,38H,3,26-29H2,1-2H3,(H,42,46)/t38-/m1/s1. The zero-order valence-corrected chi connectivity index (χ0v) is 30.4. The molecule has 0 aliphatic rings. The van der Waals surface area contributed by atoms with E-state index in [1.54, 1.807) is 36.4 Å². The summed E-state index contributed by atoms with van der Waals surface area (Å²) in [4.78, 5) is 30.0. The highest BCUT2D eigenvalue weighted by Crippen LogP contribution is 2.29. The minimum Gasteiger partial charge on any atom is -0.457 e. The van der Waals surface area contributed by atoms with Gasteiger partial charge in [-0.1, -0.05) is 101 Å². The number of halogens is 1. The van der Waals surface area contributed by atoms with E-state index in [0.717, 1.165) is 31.9 Å². The number of hydrogen-bond donors (Lipinski definition) is 1. The predicted molar refractivity (Wildman–Crippen MR) is 201 cm³/mol. The van der Waals surface area contributed by atoms with Gasteiger partial charge in [-0.2, -0.15) is 0 Å². The third-order valence-corrected chi connectivity index (χ3v) is 10.4. The maximum atomic E-state index is 14.7. The van der Waals surface area contributed by atoms with Crippen LogP contribution in [0, 0.1) is 6.92 Å². The summed E-state index contributed by atoms with van der Waals surface area (Å²) in [6.07, 6.45) is 0.964. The highest BCUT2D eigenvalue weighted by atomic mass is 79.9. The molecule has 0 heterocycles. The number of benzene rings is 5. The van der Waals surface area contributed by atoms with Crippen molar-refractivity contribution in [1.29, 1.82) is 0 Å². The number of nitrogens with one attached hydrogen (secondary N) is 1. The van der Waals surface area contributed by atoms with Gasteiger partial charge in [-0.25, -0.2) is 8.42 Å². The quantitative estimate of drug-likeness (QED) is 0.117. The van der Waals surface area contributed by atoms with Gasteiger partial charge in [0.2, 0.25) is 11.8 Å². The highest BCUT2D eigenvalue weighted by Gasteiger charge is 2.34. The number of amides is 2. The normalized spacial score (nSPS) is 11.7. The summed E-state index contributed by atoms with van der Waals surface area (Å²) in [6, 6.07) is 38.4. The Hall–Kier alpha value is -4.93. The van der Waals surface area contributed by atoms with Gasteiger partial charge < -0.3 is 15.0 Å². The molecule has 10 heteroatoms. The molecule has 5 aromatic rings. The SMILES string of the molecule is CCCNC(=O)[C@@H](Cc1ccccc1)N(Cc1ccc(Br)cc1)C(=O)CN(c1ccc(Oc2ccccc2)cc1)S(=O)(=O)c1ccc(C)cc1. The van der Waals surface area contributed by atoms with Gasteiger partial charge >= 0.3 is 0 Å². The largest absolute Gasteiger partial charge is 0.457 e. The molecular formula is C40H40BrN3O5S. The lowest BCUT2D eigenvalue weighted by Crippen LogP contribution is -2.53. The fourth-order valence-corrected chi connectivity index (χ4v) is 7.06. The minimum atomic E-state index is -4.23. The highest BCUT2D eigenvalue weighted by molar-refractivity contribution is 9.10. The van der Waals surface area contributed by atoms with Crippen LogP contribution in [-0.2, 0) is 32.6 Å². The van der Waals surface area contributed by atoms with Gasteiger partial charge in [-0.3, -0.25) is 13.9 Å². The van der Waals surface area contributed by atoms with Crippen LogP contribution in [0.3, 0.4) is 0 Å². The summed E-state index contributed by atoms with van der Waals surface area (Å²) >= 11 is 3.47. The zero-order valence-electron chi connectivity index (χ0n) is 28.0. The second-order valence-electron chi connectivity index (χ2n) is 11.9. The molecule has 5 rings (SSSR count). The van der Waals surface area contributed by atoms with E-state index in [9.17, 15) is 18.0 Å². The van der Waals surface area contributed by atoms with Crippen LogP contribution in [0.15, 0.2) is 143 Å². The van der Waals surface area contributed by atoms with E-state index in [-0.39, 0.29) is 29.5 Å². The number of nitrogens with zero attached hydrogens (tertiary/aromatic N) is 2. The first-order valence-corrected chi connectivity index (χ1v) is 18.7. The number of ether oxygens (including phenoxy) is 1. The molecule has 50 heavy (non-hydrogen) atoms. The van der Waals surface area contributed by atoms with Crippen LogP contribution >= 0.6 is 15.9 Å². The topological polar surface area (TPSA) is 96.0 Å². The summed E-state index contributed by atoms with van der Waals surface area (Å²) in [5.41, 5.74) is 2.84. The van der Waals surface area contributed by atoms with Crippen LogP contribution in [-0.4, -0.2) is 44.3 Å². The van der Waals surface area contributed by atoms with Crippen LogP contribution in [0.4, 0.5) is 5.69 Å². The van der Waals surface area contributed by atoms with Crippen molar-refractivity contribution in [3.63, 3.8) is 0 Å². The lowest BCUT2D eigenvalue weighted by atomic mass is 10.0. The van der Waals surface area contributed by atoms with Crippen molar-refractivity contribution in [2.45, 2.75) is 44.2 Å². The van der Waals surface area contributed by atoms with Crippen molar-refractivity contribution in [3.05, 3.63) is 155 Å². The maximum absolute atomic E-state index is 14.7. The van der Waals surface area contributed by atoms with E-state index in [1.807, 2.05) is 98.8 Å². The molecule has 8 nitrogen and oxygen atoms in total. The second-order valence-corrected chi connectivity index (χ2v) is 14.7. The van der Waals surface area contributed by atoms with E-state index in [1.165, 1.54) is 17.0 Å². The number of aryl methyl sites for hydroxylation is 1. The number of carbonyl (C=O) groups is 2. The molecule has 0 spiro atoms. The average Bonchev–Trinajstić information content (AvgIpc) is 3.13. The molecule has 5 aromatic carbocycles. The fraction of sp³-hybridized carbons (Fsp3) is 0.200. The fourth-order valence-electron chi connectivity index (χ4n) is 5.38. The summed E-state index contributed by atoms with van der Waals surface area (Å²) in [5, 5.41) is 2.97. The summed E-state index contributed by atoms with van der Waals surface area (Å²) in [7, 11) is -4.23. The molecule has 0 saturated heterocycles. The average molecular weight is 755 g/mol. The second kappa shape index (κ2) is 17.1. The summed E-state index contributed by atoms with van der Waals surface area (Å²) < 4.78 is 36.6. The summed E-state index contributed by atoms with van der Waals surface area (Å²) in [6.45, 7) is 3.82. The van der Waals surface area contributed by atoms with Crippen LogP contribution in [0.2, 0.25) is 0 Å². The Morgan fingerprint density at radius 1 is 0.760 bits per heavy atom. The Bertz CT molecular complexity index is 1960. The van der Waals surface area contributed by atoms with Gasteiger partial charge in [0.15, 0.2) is 0 Å². The smallest absolute Gasteiger partial charge is 0.264 e. The molecule has 0 aliphatic carbocycles. The third-order valence-electron chi connectivity index (χ3n) is 8.08. The van der Waals surface area contributed by atoms with E-state index < -0.39 is 28.5 Å². The Balaban J connectivity index is 1.55. The van der Waals surface area contributed by atoms with Crippen molar-refractivity contribution < 1.29 is 22.7 Å². The Kier molecular flexibility index (Phi) is 12.5. The molecule has 0 fully saturated rings. The molecule has 0 radical (unpaired) electrons. The number of carbonyl (C=O) groups excluding carboxylic acids is 2. The zero-order chi connectivity index (χ0) is 35.5. The van der Waals surface area contributed by atoms with Gasteiger partial charge in [-0.15, -0.1) is 0 Å². The molecule has 0 bridgehead atoms. The Morgan fingerprint density at radius 3 is 1.98 bits per heavy atom. The monoisotopic (exact) mass is 753 g/mol. The first-order valence-electron chi connectivity index (χ1n) is 16.4. The molecule has 1 atom stereocenters. The van der Waals surface area contributed by atoms with E-state index in [2.05, 4.69) is 21.2 Å². The molecule has 1 N–H and O–H groups in total. The summed E-state index contributed by atoms with van der Waals surface area (Å²) in [5.74, 6) is 0.303. The molecule has 258 valence electrons. The van der Waals surface area contributed by atoms with Crippen molar-refractivity contribution in [2.24, 2.45) is 0 Å². The Labute approximate surface area is 302 Å². The number of hydrogen-bond acceptors (Lipinski definition) is 5. The van der Waals surface area contributed by atoms with E-state index in [4.69, 9.17) is 4.74 Å². The van der Waals surface area contributed by atoms with Crippen molar-refractivity contribution in [3.8, 4) is 11.5 Å². The molecule has 0 aliphatic heterocycles. The predicted octanol–water partition coefficient (Wildman–Crippen LogP) is 7.91. The Morgan fingerprint density at radius 2 is 1.36 bits per heavy atom. The van der Waals surface area contributed by atoms with Gasteiger partial charge in [0.05, 0.1) is 10.6 Å². The molecular weight excluding hydrogens is 714 g/mol. The number of para-hydroxylation sites is 1. The van der Waals surface area contributed by atoms with Crippen LogP contribution < -0.4 is 14.4 Å². The van der Waals surface area contributed by atoms with Gasteiger partial charge in [-0.05, 0) is 85.1 Å².